The fourth-order valence-electron chi connectivity index (χ4n) is 3.57. The molecule has 4 atom stereocenters. The second kappa shape index (κ2) is 9.72. The molecule has 4 rings (SSSR count). The maximum Gasteiger partial charge on any atom is 0.350 e. The van der Waals surface area contributed by atoms with Crippen LogP contribution in [0.5, 0.6) is 0 Å². The number of primary amides is 1. The number of ether oxygens (including phenoxy) is 2. The number of hydrogen-bond donors (Lipinski definition) is 6. The van der Waals surface area contributed by atoms with Crippen molar-refractivity contribution in [3.8, 4) is 0 Å². The molecule has 0 bridgehead atoms. The number of nitrogens with zero attached hydrogens (tertiary/aromatic N) is 4. The summed E-state index contributed by atoms with van der Waals surface area (Å²) in [6.45, 7) is -0.0149. The number of aromatic nitrogens is 4. The summed E-state index contributed by atoms with van der Waals surface area (Å²) in [5.74, 6) is -0.143. The number of imidazole rings is 1. The number of fused-ring (bicyclic) bond motifs is 1. The third kappa shape index (κ3) is 5.23. The molecule has 1 aromatic carbocycles. The second-order valence-electron chi connectivity index (χ2n) is 7.68. The van der Waals surface area contributed by atoms with E-state index in [0.717, 1.165) is 5.56 Å². The number of carbonyl (C=O) groups excluding carboxylic acids is 1. The van der Waals surface area contributed by atoms with Gasteiger partial charge in [-0.05, 0) is 17.7 Å². The molecule has 0 saturated carbocycles. The van der Waals surface area contributed by atoms with Crippen molar-refractivity contribution in [3.05, 3.63) is 48.0 Å². The third-order valence-corrected chi connectivity index (χ3v) is 5.70. The first-order valence-electron chi connectivity index (χ1n) is 10.1. The van der Waals surface area contributed by atoms with Crippen LogP contribution in [0.25, 0.3) is 11.2 Å². The lowest BCUT2D eigenvalue weighted by Crippen LogP contribution is -2.33. The number of rotatable bonds is 9. The average Bonchev–Trinajstić information content (AvgIpc) is 3.33. The van der Waals surface area contributed by atoms with Crippen LogP contribution in [0.1, 0.15) is 22.1 Å². The largest absolute Gasteiger partial charge is 0.387 e. The molecule has 3 aromatic rings. The molecule has 1 aliphatic heterocycles. The first kappa shape index (κ1) is 24.2. The van der Waals surface area contributed by atoms with Crippen LogP contribution in [0.4, 0.5) is 5.82 Å². The number of nitrogens with two attached hydrogens (primary N) is 1. The summed E-state index contributed by atoms with van der Waals surface area (Å²) in [6, 6.07) is 6.80. The van der Waals surface area contributed by atoms with Crippen LogP contribution < -0.4 is 11.1 Å². The molecule has 0 aliphatic carbocycles. The van der Waals surface area contributed by atoms with Gasteiger partial charge < -0.3 is 40.5 Å². The number of carbonyl (C=O) groups is 1. The van der Waals surface area contributed by atoms with Gasteiger partial charge in [-0.1, -0.05) is 12.1 Å². The van der Waals surface area contributed by atoms with Gasteiger partial charge in [0.15, 0.2) is 23.2 Å². The molecule has 2 aromatic heterocycles. The van der Waals surface area contributed by atoms with E-state index in [-0.39, 0.29) is 6.61 Å². The van der Waals surface area contributed by atoms with Gasteiger partial charge in [0.1, 0.15) is 31.0 Å². The predicted molar refractivity (Wildman–Crippen MR) is 116 cm³/mol. The zero-order valence-corrected chi connectivity index (χ0v) is 18.5. The molecule has 14 nitrogen and oxygen atoms in total. The van der Waals surface area contributed by atoms with E-state index in [0.29, 0.717) is 29.1 Å². The van der Waals surface area contributed by atoms with Gasteiger partial charge in [-0.15, -0.1) is 0 Å². The van der Waals surface area contributed by atoms with Crippen LogP contribution in [-0.2, 0) is 20.6 Å². The standard InChI is InChI=1S/C19H23N6O8P/c20-16(28)11-3-1-2-10(4-11)5-21-17-13-18(23-7-22-17)25(8-24-13)19-15(27)14(26)12(33-19)6-32-9-34(29,30)31/h1-4,7-8,12,14-15,19,26-27H,5-6,9H2,(H2,20,28)(H,21,22,23)(H2,29,30,31)/t12-,14-,15-,19-/m1/s1. The highest BCUT2D eigenvalue weighted by Crippen LogP contribution is 2.36. The molecule has 1 fully saturated rings. The maximum atomic E-state index is 11.4. The first-order chi connectivity index (χ1) is 16.1. The minimum atomic E-state index is -4.38. The lowest BCUT2D eigenvalue weighted by Gasteiger charge is -2.16. The summed E-state index contributed by atoms with van der Waals surface area (Å²) in [6.07, 6.45) is -3.00. The molecule has 15 heteroatoms. The quantitative estimate of drug-likeness (QED) is 0.204. The molecular formula is C19H23N6O8P. The lowest BCUT2D eigenvalue weighted by molar-refractivity contribution is -0.0612. The van der Waals surface area contributed by atoms with Gasteiger partial charge in [0, 0.05) is 12.1 Å². The first-order valence-corrected chi connectivity index (χ1v) is 11.9. The zero-order chi connectivity index (χ0) is 24.5. The lowest BCUT2D eigenvalue weighted by atomic mass is 10.1. The van der Waals surface area contributed by atoms with E-state index in [9.17, 15) is 19.6 Å². The van der Waals surface area contributed by atoms with Crippen LogP contribution in [0.2, 0.25) is 0 Å². The monoisotopic (exact) mass is 494 g/mol. The summed E-state index contributed by atoms with van der Waals surface area (Å²) >= 11 is 0. The fourth-order valence-corrected chi connectivity index (χ4v) is 3.92. The van der Waals surface area contributed by atoms with Crippen molar-refractivity contribution in [2.24, 2.45) is 5.73 Å². The van der Waals surface area contributed by atoms with E-state index in [1.165, 1.54) is 17.2 Å². The summed E-state index contributed by atoms with van der Waals surface area (Å²) in [5, 5.41) is 23.9. The Bertz CT molecular complexity index is 1230. The van der Waals surface area contributed by atoms with E-state index >= 15 is 0 Å². The molecule has 182 valence electrons. The van der Waals surface area contributed by atoms with E-state index < -0.39 is 44.4 Å². The molecule has 7 N–H and O–H groups in total. The molecule has 1 amide bonds. The molecule has 0 radical (unpaired) electrons. The second-order valence-corrected chi connectivity index (χ2v) is 9.26. The topological polar surface area (TPSA) is 215 Å². The Hall–Kier alpha value is -2.97. The number of amides is 1. The fraction of sp³-hybridized carbons (Fsp3) is 0.368. The molecular weight excluding hydrogens is 471 g/mol. The van der Waals surface area contributed by atoms with Crippen molar-refractivity contribution >= 4 is 30.5 Å². The number of aliphatic hydroxyl groups is 2. The normalized spacial score (nSPS) is 22.8. The number of hydrogen-bond acceptors (Lipinski definition) is 10. The minimum absolute atomic E-state index is 0.316. The summed E-state index contributed by atoms with van der Waals surface area (Å²) in [4.78, 5) is 41.9. The van der Waals surface area contributed by atoms with Crippen LogP contribution in [0.3, 0.4) is 0 Å². The molecule has 3 heterocycles. The van der Waals surface area contributed by atoms with Crippen molar-refractivity contribution < 1.29 is 38.8 Å². The van der Waals surface area contributed by atoms with Crippen molar-refractivity contribution in [2.75, 3.05) is 18.3 Å². The van der Waals surface area contributed by atoms with E-state index in [1.54, 1.807) is 18.2 Å². The Morgan fingerprint density at radius 1 is 1.24 bits per heavy atom. The molecule has 1 saturated heterocycles. The van der Waals surface area contributed by atoms with Gasteiger partial charge in [0.05, 0.1) is 12.9 Å². The molecule has 0 unspecified atom stereocenters. The highest BCUT2D eigenvalue weighted by atomic mass is 31.2. The predicted octanol–water partition coefficient (Wildman–Crippen LogP) is -0.692. The summed E-state index contributed by atoms with van der Waals surface area (Å²) < 4.78 is 23.0. The number of aliphatic hydroxyl groups excluding tert-OH is 2. The Kier molecular flexibility index (Phi) is 6.91. The molecule has 1 aliphatic rings. The van der Waals surface area contributed by atoms with Crippen molar-refractivity contribution in [1.29, 1.82) is 0 Å². The van der Waals surface area contributed by atoms with Gasteiger partial charge in [-0.3, -0.25) is 13.9 Å². The van der Waals surface area contributed by atoms with Gasteiger partial charge >= 0.3 is 7.60 Å². The summed E-state index contributed by atoms with van der Waals surface area (Å²) in [7, 11) is -4.38. The van der Waals surface area contributed by atoms with Gasteiger partial charge in [-0.2, -0.15) is 0 Å². The van der Waals surface area contributed by atoms with E-state index in [1.807, 2.05) is 6.07 Å². The van der Waals surface area contributed by atoms with Crippen LogP contribution >= 0.6 is 7.60 Å². The average molecular weight is 494 g/mol. The van der Waals surface area contributed by atoms with Gasteiger partial charge in [0.2, 0.25) is 5.91 Å². The van der Waals surface area contributed by atoms with E-state index in [2.05, 4.69) is 20.3 Å². The minimum Gasteiger partial charge on any atom is -0.387 e. The molecule has 34 heavy (non-hydrogen) atoms. The zero-order valence-electron chi connectivity index (χ0n) is 17.6. The van der Waals surface area contributed by atoms with Crippen molar-refractivity contribution in [2.45, 2.75) is 31.1 Å². The summed E-state index contributed by atoms with van der Waals surface area (Å²) in [5.41, 5.74) is 7.18. The number of nitrogens with one attached hydrogen (secondary N) is 1. The Morgan fingerprint density at radius 2 is 2.03 bits per heavy atom. The highest BCUT2D eigenvalue weighted by molar-refractivity contribution is 7.51. The smallest absolute Gasteiger partial charge is 0.350 e. The van der Waals surface area contributed by atoms with Crippen LogP contribution in [0.15, 0.2) is 36.9 Å². The Balaban J connectivity index is 1.49. The maximum absolute atomic E-state index is 11.4. The van der Waals surface area contributed by atoms with Crippen LogP contribution in [0, 0.1) is 0 Å². The van der Waals surface area contributed by atoms with Gasteiger partial charge in [0.25, 0.3) is 0 Å². The van der Waals surface area contributed by atoms with E-state index in [4.69, 9.17) is 25.0 Å². The SMILES string of the molecule is NC(=O)c1cccc(CNc2ncnc3c2ncn3[C@@H]2O[C@H](COCP(=O)(O)O)[C@@H](O)[C@H]2O)c1. The van der Waals surface area contributed by atoms with Crippen LogP contribution in [-0.4, -0.2) is 76.7 Å². The Labute approximate surface area is 192 Å². The van der Waals surface area contributed by atoms with Gasteiger partial charge in [-0.25, -0.2) is 15.0 Å². The van der Waals surface area contributed by atoms with Crippen molar-refractivity contribution in [1.82, 2.24) is 19.5 Å². The molecule has 0 spiro atoms. The third-order valence-electron chi connectivity index (χ3n) is 5.18. The highest BCUT2D eigenvalue weighted by Gasteiger charge is 2.44. The Morgan fingerprint density at radius 3 is 2.76 bits per heavy atom. The van der Waals surface area contributed by atoms with Crippen molar-refractivity contribution in [3.63, 3.8) is 0 Å². The number of anilines is 1. The number of benzene rings is 1.